The molecule has 0 spiro atoms. The summed E-state index contributed by atoms with van der Waals surface area (Å²) in [5.74, 6) is -0.121. The molecular formula is C16H22ClNO3S. The summed E-state index contributed by atoms with van der Waals surface area (Å²) in [6, 6.07) is 4.39. The van der Waals surface area contributed by atoms with E-state index in [1.807, 2.05) is 0 Å². The second-order valence-corrected chi connectivity index (χ2v) is 9.72. The van der Waals surface area contributed by atoms with Crippen LogP contribution in [-0.4, -0.2) is 37.1 Å². The van der Waals surface area contributed by atoms with Crippen LogP contribution in [0.5, 0.6) is 0 Å². The number of hydrogen-bond acceptors (Lipinski definition) is 3. The normalized spacial score (nSPS) is 16.6. The predicted octanol–water partition coefficient (Wildman–Crippen LogP) is 3.54. The van der Waals surface area contributed by atoms with Gasteiger partial charge in [-0.25, -0.2) is 8.42 Å². The molecule has 1 amide bonds. The van der Waals surface area contributed by atoms with Crippen molar-refractivity contribution >= 4 is 27.3 Å². The van der Waals surface area contributed by atoms with E-state index in [4.69, 9.17) is 11.6 Å². The highest BCUT2D eigenvalue weighted by Gasteiger charge is 2.31. The van der Waals surface area contributed by atoms with Gasteiger partial charge in [-0.05, 0) is 58.2 Å². The highest BCUT2D eigenvalue weighted by molar-refractivity contribution is 7.92. The summed E-state index contributed by atoms with van der Waals surface area (Å²) < 4.78 is 24.0. The number of halogens is 1. The molecule has 0 bridgehead atoms. The number of sulfone groups is 1. The fourth-order valence-electron chi connectivity index (χ4n) is 2.46. The molecule has 0 saturated carbocycles. The van der Waals surface area contributed by atoms with Gasteiger partial charge in [0, 0.05) is 13.1 Å². The zero-order chi connectivity index (χ0) is 16.5. The summed E-state index contributed by atoms with van der Waals surface area (Å²) in [5.41, 5.74) is 0.372. The van der Waals surface area contributed by atoms with Crippen LogP contribution < -0.4 is 0 Å². The van der Waals surface area contributed by atoms with Gasteiger partial charge in [0.15, 0.2) is 9.84 Å². The predicted molar refractivity (Wildman–Crippen MR) is 88.1 cm³/mol. The molecule has 0 radical (unpaired) electrons. The van der Waals surface area contributed by atoms with Crippen molar-refractivity contribution in [3.05, 3.63) is 28.8 Å². The molecule has 1 aliphatic rings. The number of carbonyl (C=O) groups is 1. The van der Waals surface area contributed by atoms with Gasteiger partial charge in [0.05, 0.1) is 20.2 Å². The van der Waals surface area contributed by atoms with Gasteiger partial charge in [0.2, 0.25) is 0 Å². The number of rotatable bonds is 2. The Morgan fingerprint density at radius 2 is 1.73 bits per heavy atom. The highest BCUT2D eigenvalue weighted by atomic mass is 35.5. The minimum absolute atomic E-state index is 0.121. The molecular weight excluding hydrogens is 322 g/mol. The average molecular weight is 344 g/mol. The molecule has 1 aromatic carbocycles. The monoisotopic (exact) mass is 343 g/mol. The fourth-order valence-corrected chi connectivity index (χ4v) is 4.01. The molecule has 2 rings (SSSR count). The van der Waals surface area contributed by atoms with Gasteiger partial charge in [-0.3, -0.25) is 4.79 Å². The van der Waals surface area contributed by atoms with E-state index < -0.39 is 14.6 Å². The van der Waals surface area contributed by atoms with Crippen molar-refractivity contribution < 1.29 is 13.2 Å². The van der Waals surface area contributed by atoms with Crippen molar-refractivity contribution in [3.63, 3.8) is 0 Å². The van der Waals surface area contributed by atoms with Gasteiger partial charge in [-0.15, -0.1) is 0 Å². The molecule has 22 heavy (non-hydrogen) atoms. The molecule has 1 saturated heterocycles. The second-order valence-electron chi connectivity index (χ2n) is 6.61. The lowest BCUT2D eigenvalue weighted by Gasteiger charge is -2.27. The van der Waals surface area contributed by atoms with Gasteiger partial charge in [0.25, 0.3) is 5.91 Å². The Kier molecular flexibility index (Phi) is 4.87. The van der Waals surface area contributed by atoms with Crippen molar-refractivity contribution in [2.45, 2.75) is 49.7 Å². The van der Waals surface area contributed by atoms with Gasteiger partial charge < -0.3 is 4.90 Å². The smallest absolute Gasteiger partial charge is 0.255 e. The first-order valence-corrected chi connectivity index (χ1v) is 9.34. The molecule has 0 unspecified atom stereocenters. The standard InChI is InChI=1S/C16H22ClNO3S/c1-16(2,3)22(20,21)12-7-8-13(14(17)11-12)15(19)18-9-5-4-6-10-18/h7-8,11H,4-6,9-10H2,1-3H3. The number of amides is 1. The van der Waals surface area contributed by atoms with Crippen LogP contribution in [0.15, 0.2) is 23.1 Å². The van der Waals surface area contributed by atoms with Crippen LogP contribution in [0.25, 0.3) is 0 Å². The van der Waals surface area contributed by atoms with Gasteiger partial charge >= 0.3 is 0 Å². The average Bonchev–Trinajstić information content (AvgIpc) is 2.46. The number of likely N-dealkylation sites (tertiary alicyclic amines) is 1. The molecule has 1 fully saturated rings. The lowest BCUT2D eigenvalue weighted by Crippen LogP contribution is -2.35. The largest absolute Gasteiger partial charge is 0.339 e. The van der Waals surface area contributed by atoms with Gasteiger partial charge in [0.1, 0.15) is 0 Å². The van der Waals surface area contributed by atoms with Crippen molar-refractivity contribution in [3.8, 4) is 0 Å². The quantitative estimate of drug-likeness (QED) is 0.825. The maximum Gasteiger partial charge on any atom is 0.255 e. The molecule has 0 aliphatic carbocycles. The molecule has 0 N–H and O–H groups in total. The second kappa shape index (κ2) is 6.20. The lowest BCUT2D eigenvalue weighted by molar-refractivity contribution is 0.0724. The summed E-state index contributed by atoms with van der Waals surface area (Å²) >= 11 is 6.19. The maximum absolute atomic E-state index is 12.5. The first-order valence-electron chi connectivity index (χ1n) is 7.48. The van der Waals surface area contributed by atoms with E-state index in [1.165, 1.54) is 18.2 Å². The van der Waals surface area contributed by atoms with Crippen LogP contribution in [0.4, 0.5) is 0 Å². The van der Waals surface area contributed by atoms with E-state index in [0.717, 1.165) is 32.4 Å². The third-order valence-corrected chi connectivity index (χ3v) is 6.73. The zero-order valence-corrected chi connectivity index (χ0v) is 14.8. The van der Waals surface area contributed by atoms with Crippen LogP contribution in [-0.2, 0) is 9.84 Å². The Bertz CT molecular complexity index is 671. The van der Waals surface area contributed by atoms with E-state index in [9.17, 15) is 13.2 Å². The van der Waals surface area contributed by atoms with Crippen molar-refractivity contribution in [1.82, 2.24) is 4.90 Å². The molecule has 0 aromatic heterocycles. The molecule has 4 nitrogen and oxygen atoms in total. The molecule has 1 aromatic rings. The van der Waals surface area contributed by atoms with Crippen molar-refractivity contribution in [2.24, 2.45) is 0 Å². The fraction of sp³-hybridized carbons (Fsp3) is 0.562. The number of hydrogen-bond donors (Lipinski definition) is 0. The van der Waals surface area contributed by atoms with E-state index in [1.54, 1.807) is 25.7 Å². The number of piperidine rings is 1. The minimum Gasteiger partial charge on any atom is -0.339 e. The number of carbonyl (C=O) groups excluding carboxylic acids is 1. The lowest BCUT2D eigenvalue weighted by atomic mass is 10.1. The number of benzene rings is 1. The summed E-state index contributed by atoms with van der Waals surface area (Å²) in [7, 11) is -3.48. The molecule has 0 atom stereocenters. The highest BCUT2D eigenvalue weighted by Crippen LogP contribution is 2.29. The van der Waals surface area contributed by atoms with E-state index >= 15 is 0 Å². The van der Waals surface area contributed by atoms with Gasteiger partial charge in [-0.1, -0.05) is 11.6 Å². The first kappa shape index (κ1) is 17.3. The summed E-state index contributed by atoms with van der Waals surface area (Å²) in [6.07, 6.45) is 3.14. The number of nitrogens with zero attached hydrogens (tertiary/aromatic N) is 1. The molecule has 122 valence electrons. The van der Waals surface area contributed by atoms with Crippen molar-refractivity contribution in [1.29, 1.82) is 0 Å². The van der Waals surface area contributed by atoms with Crippen molar-refractivity contribution in [2.75, 3.05) is 13.1 Å². The van der Waals surface area contributed by atoms with Crippen LogP contribution in [0.1, 0.15) is 50.4 Å². The first-order chi connectivity index (χ1) is 10.1. The van der Waals surface area contributed by atoms with Crippen LogP contribution in [0, 0.1) is 0 Å². The molecule has 1 heterocycles. The third-order valence-electron chi connectivity index (χ3n) is 3.93. The summed E-state index contributed by atoms with van der Waals surface area (Å²) in [4.78, 5) is 14.4. The van der Waals surface area contributed by atoms with Crippen LogP contribution in [0.2, 0.25) is 5.02 Å². The SMILES string of the molecule is CC(C)(C)S(=O)(=O)c1ccc(C(=O)N2CCCCC2)c(Cl)c1. The topological polar surface area (TPSA) is 54.5 Å². The van der Waals surface area contributed by atoms with E-state index in [0.29, 0.717) is 5.56 Å². The Morgan fingerprint density at radius 3 is 2.23 bits per heavy atom. The summed E-state index contributed by atoms with van der Waals surface area (Å²) in [6.45, 7) is 6.39. The van der Waals surface area contributed by atoms with E-state index in [2.05, 4.69) is 0 Å². The Balaban J connectivity index is 2.33. The summed E-state index contributed by atoms with van der Waals surface area (Å²) in [5, 5.41) is 0.195. The zero-order valence-electron chi connectivity index (χ0n) is 13.2. The van der Waals surface area contributed by atoms with Gasteiger partial charge in [-0.2, -0.15) is 0 Å². The maximum atomic E-state index is 12.5. The van der Waals surface area contributed by atoms with E-state index in [-0.39, 0.29) is 15.8 Å². The minimum atomic E-state index is -3.48. The van der Waals surface area contributed by atoms with Crippen LogP contribution >= 0.6 is 11.6 Å². The Labute approximate surface area is 137 Å². The molecule has 1 aliphatic heterocycles. The Morgan fingerprint density at radius 1 is 1.14 bits per heavy atom. The van der Waals surface area contributed by atoms with Crippen LogP contribution in [0.3, 0.4) is 0 Å². The third kappa shape index (κ3) is 3.30. The molecule has 6 heteroatoms. The Hall–Kier alpha value is -1.07.